The van der Waals surface area contributed by atoms with Crippen molar-refractivity contribution in [3.63, 3.8) is 0 Å². The number of para-hydroxylation sites is 1. The van der Waals surface area contributed by atoms with E-state index in [1.54, 1.807) is 0 Å². The van der Waals surface area contributed by atoms with E-state index in [9.17, 15) is 0 Å². The predicted octanol–water partition coefficient (Wildman–Crippen LogP) is 17.5. The number of rotatable bonds is 7. The smallest absolute Gasteiger partial charge is 0.0714 e. The molecule has 324 valence electrons. The lowest BCUT2D eigenvalue weighted by molar-refractivity contribution is 0.660. The van der Waals surface area contributed by atoms with Crippen molar-refractivity contribution in [3.8, 4) is 55.6 Å². The summed E-state index contributed by atoms with van der Waals surface area (Å²) in [5, 5.41) is 0. The summed E-state index contributed by atoms with van der Waals surface area (Å²) in [6.07, 6.45) is 0. The van der Waals surface area contributed by atoms with Gasteiger partial charge in [-0.15, -0.1) is 0 Å². The first kappa shape index (κ1) is 40.3. The highest BCUT2D eigenvalue weighted by Crippen LogP contribution is 2.61. The third kappa shape index (κ3) is 5.63. The molecule has 10 aromatic carbocycles. The van der Waals surface area contributed by atoms with E-state index < -0.39 is 5.41 Å². The maximum absolute atomic E-state index is 2.57. The average Bonchev–Trinajstić information content (AvgIpc) is 3.92. The van der Waals surface area contributed by atoms with Crippen molar-refractivity contribution >= 4 is 17.1 Å². The summed E-state index contributed by atoms with van der Waals surface area (Å²) in [5.41, 5.74) is 25.9. The van der Waals surface area contributed by atoms with Crippen molar-refractivity contribution in [2.75, 3.05) is 4.90 Å². The number of hydrogen-bond donors (Lipinski definition) is 0. The number of hydrogen-bond acceptors (Lipinski definition) is 1. The average molecular weight is 870 g/mol. The highest BCUT2D eigenvalue weighted by Gasteiger charge is 2.47. The molecule has 10 aromatic rings. The highest BCUT2D eigenvalue weighted by atomic mass is 15.1. The van der Waals surface area contributed by atoms with Gasteiger partial charge in [0.25, 0.3) is 0 Å². The summed E-state index contributed by atoms with van der Waals surface area (Å²) in [7, 11) is 0. The molecular formula is C67H51N. The minimum absolute atomic E-state index is 0.129. The first-order valence-electron chi connectivity index (χ1n) is 24.1. The molecule has 0 amide bonds. The summed E-state index contributed by atoms with van der Waals surface area (Å²) in [6.45, 7) is 9.53. The first-order valence-corrected chi connectivity index (χ1v) is 24.1. The second-order valence-electron chi connectivity index (χ2n) is 20.0. The normalized spacial score (nSPS) is 14.8. The van der Waals surface area contributed by atoms with Crippen LogP contribution in [-0.2, 0) is 16.2 Å². The van der Waals surface area contributed by atoms with Crippen molar-refractivity contribution in [2.24, 2.45) is 0 Å². The van der Waals surface area contributed by atoms with Crippen LogP contribution in [0, 0.1) is 0 Å². The first-order chi connectivity index (χ1) is 33.3. The lowest BCUT2D eigenvalue weighted by Gasteiger charge is -2.34. The molecular weight excluding hydrogens is 819 g/mol. The van der Waals surface area contributed by atoms with Gasteiger partial charge in [0.1, 0.15) is 0 Å². The third-order valence-corrected chi connectivity index (χ3v) is 15.7. The Hall–Kier alpha value is -8.00. The Kier molecular flexibility index (Phi) is 8.89. The van der Waals surface area contributed by atoms with Crippen molar-refractivity contribution in [1.82, 2.24) is 0 Å². The zero-order valence-electron chi connectivity index (χ0n) is 39.0. The Bertz CT molecular complexity index is 3590. The van der Waals surface area contributed by atoms with Gasteiger partial charge < -0.3 is 4.90 Å². The van der Waals surface area contributed by atoms with Crippen molar-refractivity contribution in [1.29, 1.82) is 0 Å². The van der Waals surface area contributed by atoms with Crippen LogP contribution >= 0.6 is 0 Å². The lowest BCUT2D eigenvalue weighted by Crippen LogP contribution is -2.28. The number of fused-ring (bicyclic) bond motifs is 9. The summed E-state index contributed by atoms with van der Waals surface area (Å²) < 4.78 is 0. The van der Waals surface area contributed by atoms with Crippen LogP contribution in [0.4, 0.5) is 17.1 Å². The van der Waals surface area contributed by atoms with Gasteiger partial charge in [0.05, 0.1) is 16.8 Å². The van der Waals surface area contributed by atoms with Crippen LogP contribution < -0.4 is 4.90 Å². The molecule has 0 fully saturated rings. The van der Waals surface area contributed by atoms with Crippen LogP contribution in [-0.4, -0.2) is 0 Å². The Morgan fingerprint density at radius 3 is 1.50 bits per heavy atom. The van der Waals surface area contributed by atoms with Crippen molar-refractivity contribution in [2.45, 2.75) is 43.9 Å². The maximum Gasteiger partial charge on any atom is 0.0714 e. The molecule has 0 N–H and O–H groups in total. The number of nitrogens with zero attached hydrogens (tertiary/aromatic N) is 1. The second kappa shape index (κ2) is 15.0. The molecule has 0 heterocycles. The van der Waals surface area contributed by atoms with Crippen molar-refractivity contribution < 1.29 is 0 Å². The Balaban J connectivity index is 1.08. The molecule has 1 nitrogen and oxygen atoms in total. The predicted molar refractivity (Wildman–Crippen MR) is 284 cm³/mol. The largest absolute Gasteiger partial charge is 0.309 e. The number of anilines is 3. The van der Waals surface area contributed by atoms with Crippen LogP contribution in [0.15, 0.2) is 237 Å². The van der Waals surface area contributed by atoms with Gasteiger partial charge in [0.15, 0.2) is 0 Å². The van der Waals surface area contributed by atoms with E-state index in [0.29, 0.717) is 0 Å². The summed E-state index contributed by atoms with van der Waals surface area (Å²) in [6, 6.07) is 88.8. The van der Waals surface area contributed by atoms with Crippen LogP contribution in [0.5, 0.6) is 0 Å². The zero-order valence-corrected chi connectivity index (χ0v) is 39.0. The van der Waals surface area contributed by atoms with Gasteiger partial charge in [-0.05, 0) is 119 Å². The fourth-order valence-corrected chi connectivity index (χ4v) is 12.8. The van der Waals surface area contributed by atoms with Crippen LogP contribution in [0.3, 0.4) is 0 Å². The van der Waals surface area contributed by atoms with Gasteiger partial charge in [0.2, 0.25) is 0 Å². The Labute approximate surface area is 400 Å². The van der Waals surface area contributed by atoms with E-state index in [-0.39, 0.29) is 10.8 Å². The monoisotopic (exact) mass is 869 g/mol. The van der Waals surface area contributed by atoms with Gasteiger partial charge in [-0.3, -0.25) is 0 Å². The van der Waals surface area contributed by atoms with Crippen LogP contribution in [0.2, 0.25) is 0 Å². The standard InChI is InChI=1S/C67H51N/c1-65(2)56-34-15-11-29-51(56)53-41-40-45(43-60(53)65)49-28-14-18-38-61(49)68(48-27-19-22-44(42-48)50-32-20-33-54-52-30-12-16-35-57(52)66(3,4)64(50)54)62-39-21-37-59-63(62)55-31-13-17-36-58(55)67(59,46-23-7-5-8-24-46)47-25-9-6-10-26-47/h5-43H,1-4H3. The van der Waals surface area contributed by atoms with Gasteiger partial charge in [-0.1, -0.05) is 234 Å². The molecule has 0 saturated carbocycles. The van der Waals surface area contributed by atoms with Gasteiger partial charge in [-0.2, -0.15) is 0 Å². The minimum Gasteiger partial charge on any atom is -0.309 e. The molecule has 0 spiro atoms. The molecule has 3 aliphatic carbocycles. The molecule has 0 bridgehead atoms. The molecule has 0 unspecified atom stereocenters. The molecule has 0 radical (unpaired) electrons. The van der Waals surface area contributed by atoms with Crippen molar-refractivity contribution in [3.05, 3.63) is 281 Å². The molecule has 0 atom stereocenters. The van der Waals surface area contributed by atoms with Crippen LogP contribution in [0.1, 0.15) is 72.2 Å². The quantitative estimate of drug-likeness (QED) is 0.154. The summed E-state index contributed by atoms with van der Waals surface area (Å²) >= 11 is 0. The third-order valence-electron chi connectivity index (χ3n) is 15.7. The maximum atomic E-state index is 2.57. The topological polar surface area (TPSA) is 3.24 Å². The lowest BCUT2D eigenvalue weighted by atomic mass is 9.68. The summed E-state index contributed by atoms with van der Waals surface area (Å²) in [4.78, 5) is 2.57. The summed E-state index contributed by atoms with van der Waals surface area (Å²) in [5.74, 6) is 0. The Morgan fingerprint density at radius 1 is 0.294 bits per heavy atom. The fraction of sp³-hybridized carbons (Fsp3) is 0.104. The van der Waals surface area contributed by atoms with E-state index in [4.69, 9.17) is 0 Å². The molecule has 0 saturated heterocycles. The van der Waals surface area contributed by atoms with Gasteiger partial charge in [-0.25, -0.2) is 0 Å². The van der Waals surface area contributed by atoms with E-state index >= 15 is 0 Å². The van der Waals surface area contributed by atoms with Gasteiger partial charge in [0, 0.05) is 27.6 Å². The second-order valence-corrected chi connectivity index (χ2v) is 20.0. The van der Waals surface area contributed by atoms with E-state index in [0.717, 1.165) is 17.1 Å². The van der Waals surface area contributed by atoms with Crippen LogP contribution in [0.25, 0.3) is 55.6 Å². The molecule has 1 heteroatoms. The minimum atomic E-state index is -0.538. The zero-order chi connectivity index (χ0) is 45.8. The Morgan fingerprint density at radius 2 is 0.779 bits per heavy atom. The molecule has 0 aliphatic heterocycles. The number of benzene rings is 10. The molecule has 68 heavy (non-hydrogen) atoms. The molecule has 13 rings (SSSR count). The fourth-order valence-electron chi connectivity index (χ4n) is 12.8. The molecule has 0 aromatic heterocycles. The van der Waals surface area contributed by atoms with Gasteiger partial charge >= 0.3 is 0 Å². The van der Waals surface area contributed by atoms with E-state index in [1.165, 1.54) is 100 Å². The van der Waals surface area contributed by atoms with E-state index in [2.05, 4.69) is 269 Å². The van der Waals surface area contributed by atoms with E-state index in [1.807, 2.05) is 0 Å². The highest BCUT2D eigenvalue weighted by molar-refractivity contribution is 6.00. The molecule has 3 aliphatic rings. The SMILES string of the molecule is CC1(C)c2ccccc2-c2ccc(-c3ccccc3N(c3cccc(-c4cccc5c4C(C)(C)c4ccccc4-5)c3)c3cccc4c3-c3ccccc3C4(c3ccccc3)c3ccccc3)cc21.